The average Bonchev–Trinajstić information content (AvgIpc) is 2.86. The molecule has 1 aromatic carbocycles. The Kier molecular flexibility index (Phi) is 4.99. The minimum absolute atomic E-state index is 0.115. The Hall–Kier alpha value is -1.33. The SMILES string of the molecule is CCCNC(Cc1nccs1)c1cc(F)cc(F)c1. The molecule has 0 aliphatic rings. The van der Waals surface area contributed by atoms with Crippen molar-refractivity contribution in [3.8, 4) is 0 Å². The Balaban J connectivity index is 2.20. The third kappa shape index (κ3) is 4.08. The van der Waals surface area contributed by atoms with Gasteiger partial charge in [-0.05, 0) is 30.7 Å². The number of nitrogens with zero attached hydrogens (tertiary/aromatic N) is 1. The lowest BCUT2D eigenvalue weighted by molar-refractivity contribution is 0.514. The second-order valence-corrected chi connectivity index (χ2v) is 5.32. The molecule has 0 amide bonds. The summed E-state index contributed by atoms with van der Waals surface area (Å²) in [7, 11) is 0. The van der Waals surface area contributed by atoms with Crippen molar-refractivity contribution in [1.82, 2.24) is 10.3 Å². The maximum absolute atomic E-state index is 13.3. The van der Waals surface area contributed by atoms with E-state index in [-0.39, 0.29) is 6.04 Å². The molecule has 1 heterocycles. The molecule has 0 aliphatic heterocycles. The van der Waals surface area contributed by atoms with E-state index in [0.29, 0.717) is 12.0 Å². The van der Waals surface area contributed by atoms with Crippen LogP contribution in [0.25, 0.3) is 0 Å². The average molecular weight is 282 g/mol. The number of hydrogen-bond acceptors (Lipinski definition) is 3. The highest BCUT2D eigenvalue weighted by Crippen LogP contribution is 2.21. The lowest BCUT2D eigenvalue weighted by atomic mass is 10.0. The Bertz CT molecular complexity index is 494. The summed E-state index contributed by atoms with van der Waals surface area (Å²) in [6.07, 6.45) is 3.34. The van der Waals surface area contributed by atoms with Gasteiger partial charge in [-0.1, -0.05) is 6.92 Å². The topological polar surface area (TPSA) is 24.9 Å². The highest BCUT2D eigenvalue weighted by molar-refractivity contribution is 7.09. The van der Waals surface area contributed by atoms with Gasteiger partial charge >= 0.3 is 0 Å². The number of benzene rings is 1. The Morgan fingerprint density at radius 2 is 2.00 bits per heavy atom. The first-order chi connectivity index (χ1) is 9.19. The highest BCUT2D eigenvalue weighted by atomic mass is 32.1. The Morgan fingerprint density at radius 1 is 1.26 bits per heavy atom. The van der Waals surface area contributed by atoms with Gasteiger partial charge in [0.2, 0.25) is 0 Å². The van der Waals surface area contributed by atoms with Crippen LogP contribution in [0.5, 0.6) is 0 Å². The number of thiazole rings is 1. The van der Waals surface area contributed by atoms with Crippen molar-refractivity contribution < 1.29 is 8.78 Å². The fraction of sp³-hybridized carbons (Fsp3) is 0.357. The van der Waals surface area contributed by atoms with Crippen LogP contribution in [0.2, 0.25) is 0 Å². The molecule has 0 aliphatic carbocycles. The van der Waals surface area contributed by atoms with Crippen LogP contribution >= 0.6 is 11.3 Å². The van der Waals surface area contributed by atoms with Crippen LogP contribution < -0.4 is 5.32 Å². The quantitative estimate of drug-likeness (QED) is 0.873. The van der Waals surface area contributed by atoms with Gasteiger partial charge in [0.25, 0.3) is 0 Å². The molecule has 0 bridgehead atoms. The van der Waals surface area contributed by atoms with E-state index >= 15 is 0 Å². The fourth-order valence-corrected chi connectivity index (χ4v) is 2.59. The maximum atomic E-state index is 13.3. The zero-order valence-electron chi connectivity index (χ0n) is 10.7. The van der Waals surface area contributed by atoms with Crippen molar-refractivity contribution in [3.63, 3.8) is 0 Å². The van der Waals surface area contributed by atoms with E-state index in [9.17, 15) is 8.78 Å². The minimum atomic E-state index is -0.544. The molecule has 5 heteroatoms. The van der Waals surface area contributed by atoms with Gasteiger partial charge in [-0.15, -0.1) is 11.3 Å². The lowest BCUT2D eigenvalue weighted by Crippen LogP contribution is -2.24. The first-order valence-electron chi connectivity index (χ1n) is 6.26. The largest absolute Gasteiger partial charge is 0.310 e. The van der Waals surface area contributed by atoms with Gasteiger partial charge in [-0.2, -0.15) is 0 Å². The number of rotatable bonds is 6. The van der Waals surface area contributed by atoms with Gasteiger partial charge in [-0.25, -0.2) is 13.8 Å². The number of halogens is 2. The standard InChI is InChI=1S/C14H16F2N2S/c1-2-3-17-13(9-14-18-4-5-19-14)10-6-11(15)8-12(16)7-10/h4-8,13,17H,2-3,9H2,1H3. The molecule has 2 nitrogen and oxygen atoms in total. The molecule has 102 valence electrons. The zero-order valence-corrected chi connectivity index (χ0v) is 11.5. The highest BCUT2D eigenvalue weighted by Gasteiger charge is 2.15. The summed E-state index contributed by atoms with van der Waals surface area (Å²) in [4.78, 5) is 4.23. The first kappa shape index (κ1) is 14.1. The van der Waals surface area contributed by atoms with E-state index in [2.05, 4.69) is 17.2 Å². The molecule has 1 unspecified atom stereocenters. The van der Waals surface area contributed by atoms with Crippen molar-refractivity contribution in [2.45, 2.75) is 25.8 Å². The third-order valence-corrected chi connectivity index (χ3v) is 3.59. The number of nitrogens with one attached hydrogen (secondary N) is 1. The van der Waals surface area contributed by atoms with Gasteiger partial charge in [0, 0.05) is 30.1 Å². The van der Waals surface area contributed by atoms with Crippen molar-refractivity contribution in [2.75, 3.05) is 6.54 Å². The molecule has 1 atom stereocenters. The molecule has 0 spiro atoms. The van der Waals surface area contributed by atoms with Crippen molar-refractivity contribution in [2.24, 2.45) is 0 Å². The van der Waals surface area contributed by atoms with Gasteiger partial charge in [0.15, 0.2) is 0 Å². The van der Waals surface area contributed by atoms with E-state index in [4.69, 9.17) is 0 Å². The summed E-state index contributed by atoms with van der Waals surface area (Å²) < 4.78 is 26.6. The van der Waals surface area contributed by atoms with E-state index in [1.807, 2.05) is 5.38 Å². The minimum Gasteiger partial charge on any atom is -0.310 e. The summed E-state index contributed by atoms with van der Waals surface area (Å²) in [5.41, 5.74) is 0.626. The van der Waals surface area contributed by atoms with Crippen LogP contribution in [0.1, 0.15) is 30.0 Å². The molecule has 0 fully saturated rings. The van der Waals surface area contributed by atoms with Crippen LogP contribution in [0.15, 0.2) is 29.8 Å². The second kappa shape index (κ2) is 6.73. The van der Waals surface area contributed by atoms with Gasteiger partial charge in [0.05, 0.1) is 5.01 Å². The monoisotopic (exact) mass is 282 g/mol. The maximum Gasteiger partial charge on any atom is 0.126 e. The molecule has 19 heavy (non-hydrogen) atoms. The Morgan fingerprint density at radius 3 is 2.58 bits per heavy atom. The van der Waals surface area contributed by atoms with Crippen LogP contribution in [0.4, 0.5) is 8.78 Å². The normalized spacial score (nSPS) is 12.6. The smallest absolute Gasteiger partial charge is 0.126 e. The molecule has 0 saturated carbocycles. The predicted octanol–water partition coefficient (Wildman–Crippen LogP) is 3.70. The summed E-state index contributed by atoms with van der Waals surface area (Å²) in [6.45, 7) is 2.85. The molecule has 2 aromatic rings. The van der Waals surface area contributed by atoms with E-state index < -0.39 is 11.6 Å². The molecule has 0 saturated heterocycles. The van der Waals surface area contributed by atoms with Crippen LogP contribution in [0, 0.1) is 11.6 Å². The van der Waals surface area contributed by atoms with Crippen molar-refractivity contribution in [3.05, 3.63) is 52.0 Å². The van der Waals surface area contributed by atoms with Gasteiger partial charge < -0.3 is 5.32 Å². The zero-order chi connectivity index (χ0) is 13.7. The summed E-state index contributed by atoms with van der Waals surface area (Å²) >= 11 is 1.55. The number of hydrogen-bond donors (Lipinski definition) is 1. The van der Waals surface area contributed by atoms with Crippen molar-refractivity contribution >= 4 is 11.3 Å². The van der Waals surface area contributed by atoms with E-state index in [1.54, 1.807) is 17.5 Å². The Labute approximate surface area is 115 Å². The van der Waals surface area contributed by atoms with Gasteiger partial charge in [-0.3, -0.25) is 0 Å². The molecule has 1 N–H and O–H groups in total. The second-order valence-electron chi connectivity index (χ2n) is 4.34. The van der Waals surface area contributed by atoms with Crippen LogP contribution in [-0.2, 0) is 6.42 Å². The molecule has 1 aromatic heterocycles. The van der Waals surface area contributed by atoms with Crippen molar-refractivity contribution in [1.29, 1.82) is 0 Å². The lowest BCUT2D eigenvalue weighted by Gasteiger charge is -2.18. The third-order valence-electron chi connectivity index (χ3n) is 2.79. The summed E-state index contributed by atoms with van der Waals surface area (Å²) in [5.74, 6) is -1.09. The molecule has 0 radical (unpaired) electrons. The number of aromatic nitrogens is 1. The fourth-order valence-electron chi connectivity index (χ4n) is 1.93. The first-order valence-corrected chi connectivity index (χ1v) is 7.14. The predicted molar refractivity (Wildman–Crippen MR) is 73.2 cm³/mol. The summed E-state index contributed by atoms with van der Waals surface area (Å²) in [6, 6.07) is 3.54. The van der Waals surface area contributed by atoms with Crippen LogP contribution in [0.3, 0.4) is 0 Å². The van der Waals surface area contributed by atoms with E-state index in [0.717, 1.165) is 24.0 Å². The summed E-state index contributed by atoms with van der Waals surface area (Å²) in [5, 5.41) is 6.17. The van der Waals surface area contributed by atoms with E-state index in [1.165, 1.54) is 12.1 Å². The molecular formula is C14H16F2N2S. The van der Waals surface area contributed by atoms with Gasteiger partial charge in [0.1, 0.15) is 11.6 Å². The van der Waals surface area contributed by atoms with Crippen LogP contribution in [-0.4, -0.2) is 11.5 Å². The molecule has 2 rings (SSSR count). The molecular weight excluding hydrogens is 266 g/mol.